The third-order valence-corrected chi connectivity index (χ3v) is 3.19. The molecular weight excluding hydrogens is 331 g/mol. The van der Waals surface area contributed by atoms with Crippen LogP contribution in [0.25, 0.3) is 0 Å². The van der Waals surface area contributed by atoms with Gasteiger partial charge in [-0.25, -0.2) is 0 Å². The van der Waals surface area contributed by atoms with Crippen molar-refractivity contribution in [2.45, 2.75) is 0 Å². The number of halogens is 2. The fourth-order valence-electron chi connectivity index (χ4n) is 1.72. The second kappa shape index (κ2) is 7.11. The Kier molecular flexibility index (Phi) is 5.19. The van der Waals surface area contributed by atoms with E-state index in [-0.39, 0.29) is 17.9 Å². The van der Waals surface area contributed by atoms with Crippen molar-refractivity contribution in [1.29, 1.82) is 0 Å². The van der Waals surface area contributed by atoms with Crippen molar-refractivity contribution in [2.24, 2.45) is 0 Å². The molecule has 0 aliphatic heterocycles. The van der Waals surface area contributed by atoms with Crippen LogP contribution < -0.4 is 10.1 Å². The van der Waals surface area contributed by atoms with E-state index in [2.05, 4.69) is 5.32 Å². The van der Waals surface area contributed by atoms with Gasteiger partial charge in [0.1, 0.15) is 23.5 Å². The van der Waals surface area contributed by atoms with E-state index in [1.807, 2.05) is 0 Å². The van der Waals surface area contributed by atoms with Gasteiger partial charge in [-0.1, -0.05) is 23.2 Å². The van der Waals surface area contributed by atoms with E-state index < -0.39 is 4.92 Å². The number of ether oxygens (including phenoxy) is 1. The minimum Gasteiger partial charge on any atom is -0.456 e. The Hall–Kier alpha value is -2.31. The molecule has 0 saturated carbocycles. The molecule has 114 valence electrons. The second-order valence-corrected chi connectivity index (χ2v) is 5.00. The summed E-state index contributed by atoms with van der Waals surface area (Å²) in [6.07, 6.45) is 0.604. The number of hydrogen-bond donors (Lipinski definition) is 1. The number of rotatable bonds is 6. The summed E-state index contributed by atoms with van der Waals surface area (Å²) in [5, 5.41) is 14.4. The van der Waals surface area contributed by atoms with Crippen LogP contribution in [-0.4, -0.2) is 17.8 Å². The molecule has 0 fully saturated rings. The van der Waals surface area contributed by atoms with Gasteiger partial charge in [-0.3, -0.25) is 10.1 Å². The summed E-state index contributed by atoms with van der Waals surface area (Å²) < 4.78 is 5.58. The first kappa shape index (κ1) is 16.1. The summed E-state index contributed by atoms with van der Waals surface area (Å²) in [5.74, 6) is 0.699. The van der Waals surface area contributed by atoms with Crippen LogP contribution in [0, 0.1) is 10.1 Å². The molecule has 6 nitrogen and oxygen atoms in total. The standard InChI is InChI=1S/C14H10Cl2N2O4/c15-9-1-4-14(11(16)7-9)22-10-2-3-13(18(20)21)12(8-10)17-5-6-19/h1-4,6-8,17H,5H2. The first-order valence-electron chi connectivity index (χ1n) is 6.10. The molecule has 0 bridgehead atoms. The highest BCUT2D eigenvalue weighted by atomic mass is 35.5. The number of aldehydes is 1. The zero-order valence-electron chi connectivity index (χ0n) is 11.1. The molecule has 0 unspecified atom stereocenters. The van der Waals surface area contributed by atoms with E-state index >= 15 is 0 Å². The fraction of sp³-hybridized carbons (Fsp3) is 0.0714. The molecule has 2 rings (SSSR count). The number of benzene rings is 2. The zero-order valence-corrected chi connectivity index (χ0v) is 12.6. The van der Waals surface area contributed by atoms with Gasteiger partial charge >= 0.3 is 0 Å². The average molecular weight is 341 g/mol. The number of anilines is 1. The van der Waals surface area contributed by atoms with E-state index in [0.717, 1.165) is 0 Å². The molecule has 2 aromatic carbocycles. The summed E-state index contributed by atoms with van der Waals surface area (Å²) in [4.78, 5) is 20.8. The van der Waals surface area contributed by atoms with Crippen LogP contribution in [0.3, 0.4) is 0 Å². The normalized spacial score (nSPS) is 10.1. The molecule has 2 aromatic rings. The van der Waals surface area contributed by atoms with Crippen LogP contribution in [0.5, 0.6) is 11.5 Å². The first-order valence-corrected chi connectivity index (χ1v) is 6.85. The van der Waals surface area contributed by atoms with Crippen molar-refractivity contribution >= 4 is 40.9 Å². The van der Waals surface area contributed by atoms with Gasteiger partial charge in [0.2, 0.25) is 0 Å². The van der Waals surface area contributed by atoms with Crippen LogP contribution in [-0.2, 0) is 4.79 Å². The molecule has 0 spiro atoms. The van der Waals surface area contributed by atoms with Crippen LogP contribution in [0.1, 0.15) is 0 Å². The maximum Gasteiger partial charge on any atom is 0.292 e. The van der Waals surface area contributed by atoms with Gasteiger partial charge in [0.05, 0.1) is 16.5 Å². The maximum atomic E-state index is 10.9. The first-order chi connectivity index (χ1) is 10.5. The molecule has 0 amide bonds. The molecule has 0 radical (unpaired) electrons. The smallest absolute Gasteiger partial charge is 0.292 e. The average Bonchev–Trinajstić information content (AvgIpc) is 2.48. The van der Waals surface area contributed by atoms with Gasteiger partial charge in [-0.15, -0.1) is 0 Å². The predicted octanol–water partition coefficient (Wildman–Crippen LogP) is 4.30. The van der Waals surface area contributed by atoms with Gasteiger partial charge in [-0.2, -0.15) is 0 Å². The van der Waals surface area contributed by atoms with E-state index in [4.69, 9.17) is 27.9 Å². The van der Waals surface area contributed by atoms with E-state index in [1.54, 1.807) is 12.1 Å². The van der Waals surface area contributed by atoms with E-state index in [0.29, 0.717) is 27.8 Å². The molecule has 22 heavy (non-hydrogen) atoms. The molecular formula is C14H10Cl2N2O4. The molecule has 0 aromatic heterocycles. The number of carbonyl (C=O) groups excluding carboxylic acids is 1. The molecule has 0 atom stereocenters. The van der Waals surface area contributed by atoms with Crippen molar-refractivity contribution < 1.29 is 14.5 Å². The Morgan fingerprint density at radius 1 is 1.23 bits per heavy atom. The summed E-state index contributed by atoms with van der Waals surface area (Å²) in [6.45, 7) is -0.0496. The third-order valence-electron chi connectivity index (χ3n) is 2.66. The lowest BCUT2D eigenvalue weighted by Gasteiger charge is -2.10. The van der Waals surface area contributed by atoms with Crippen LogP contribution in [0.4, 0.5) is 11.4 Å². The number of carbonyl (C=O) groups is 1. The molecule has 0 aliphatic rings. The summed E-state index contributed by atoms with van der Waals surface area (Å²) in [5.41, 5.74) is 0.0242. The number of hydrogen-bond acceptors (Lipinski definition) is 5. The van der Waals surface area contributed by atoms with E-state index in [1.165, 1.54) is 24.3 Å². The molecule has 0 heterocycles. The number of nitrogens with zero attached hydrogens (tertiary/aromatic N) is 1. The second-order valence-electron chi connectivity index (χ2n) is 4.16. The fourth-order valence-corrected chi connectivity index (χ4v) is 2.16. The summed E-state index contributed by atoms with van der Waals surface area (Å²) in [6, 6.07) is 8.87. The molecule has 8 heteroatoms. The Morgan fingerprint density at radius 2 is 2.00 bits per heavy atom. The van der Waals surface area contributed by atoms with Gasteiger partial charge in [0.15, 0.2) is 0 Å². The molecule has 1 N–H and O–H groups in total. The highest BCUT2D eigenvalue weighted by Crippen LogP contribution is 2.35. The highest BCUT2D eigenvalue weighted by Gasteiger charge is 2.15. The van der Waals surface area contributed by atoms with Gasteiger partial charge in [0, 0.05) is 17.2 Å². The minimum absolute atomic E-state index is 0.0496. The van der Waals surface area contributed by atoms with E-state index in [9.17, 15) is 14.9 Å². The highest BCUT2D eigenvalue weighted by molar-refractivity contribution is 6.35. The van der Waals surface area contributed by atoms with Gasteiger partial charge in [0.25, 0.3) is 5.69 Å². The summed E-state index contributed by atoms with van der Waals surface area (Å²) in [7, 11) is 0. The van der Waals surface area contributed by atoms with Crippen molar-refractivity contribution in [3.05, 3.63) is 56.6 Å². The predicted molar refractivity (Wildman–Crippen MR) is 84.2 cm³/mol. The van der Waals surface area contributed by atoms with Crippen molar-refractivity contribution in [3.8, 4) is 11.5 Å². The Morgan fingerprint density at radius 3 is 2.64 bits per heavy atom. The Bertz CT molecular complexity index is 722. The lowest BCUT2D eigenvalue weighted by Crippen LogP contribution is -2.05. The largest absolute Gasteiger partial charge is 0.456 e. The van der Waals surface area contributed by atoms with Crippen molar-refractivity contribution in [3.63, 3.8) is 0 Å². The number of nitrogens with one attached hydrogen (secondary N) is 1. The molecule has 0 saturated heterocycles. The third kappa shape index (κ3) is 3.87. The molecule has 0 aliphatic carbocycles. The number of nitro groups is 1. The maximum absolute atomic E-state index is 10.9. The van der Waals surface area contributed by atoms with Crippen LogP contribution in [0.2, 0.25) is 10.0 Å². The quantitative estimate of drug-likeness (QED) is 0.481. The topological polar surface area (TPSA) is 81.5 Å². The minimum atomic E-state index is -0.549. The lowest BCUT2D eigenvalue weighted by molar-refractivity contribution is -0.384. The van der Waals surface area contributed by atoms with Crippen molar-refractivity contribution in [2.75, 3.05) is 11.9 Å². The Balaban J connectivity index is 2.31. The Labute approximate surface area is 135 Å². The lowest BCUT2D eigenvalue weighted by atomic mass is 10.2. The number of nitro benzene ring substituents is 1. The van der Waals surface area contributed by atoms with Crippen molar-refractivity contribution in [1.82, 2.24) is 0 Å². The zero-order chi connectivity index (χ0) is 16.1. The van der Waals surface area contributed by atoms with Gasteiger partial charge in [-0.05, 0) is 24.3 Å². The summed E-state index contributed by atoms with van der Waals surface area (Å²) >= 11 is 11.8. The monoisotopic (exact) mass is 340 g/mol. The van der Waals surface area contributed by atoms with Crippen LogP contribution >= 0.6 is 23.2 Å². The SMILES string of the molecule is O=CCNc1cc(Oc2ccc(Cl)cc2Cl)ccc1[N+](=O)[O-]. The van der Waals surface area contributed by atoms with Crippen LogP contribution in [0.15, 0.2) is 36.4 Å². The van der Waals surface area contributed by atoms with Gasteiger partial charge < -0.3 is 14.8 Å².